The van der Waals surface area contributed by atoms with E-state index in [0.717, 1.165) is 23.5 Å². The van der Waals surface area contributed by atoms with Crippen molar-refractivity contribution in [1.82, 2.24) is 0 Å². The van der Waals surface area contributed by atoms with Crippen molar-refractivity contribution in [3.63, 3.8) is 0 Å². The maximum Gasteiger partial charge on any atom is 0.121 e. The summed E-state index contributed by atoms with van der Waals surface area (Å²) < 4.78 is 5.28. The number of hydrogen-bond acceptors (Lipinski definition) is 2. The van der Waals surface area contributed by atoms with Crippen LogP contribution in [0.25, 0.3) is 10.8 Å². The summed E-state index contributed by atoms with van der Waals surface area (Å²) in [5.74, 6) is 0.922. The van der Waals surface area contributed by atoms with Gasteiger partial charge < -0.3 is 10.1 Å². The van der Waals surface area contributed by atoms with Crippen LogP contribution in [0.1, 0.15) is 11.1 Å². The first-order valence-corrected chi connectivity index (χ1v) is 7.12. The zero-order valence-corrected chi connectivity index (χ0v) is 12.4. The van der Waals surface area contributed by atoms with Crippen LogP contribution in [-0.2, 0) is 6.54 Å². The van der Waals surface area contributed by atoms with Crippen molar-refractivity contribution in [2.75, 3.05) is 12.4 Å². The maximum absolute atomic E-state index is 5.28. The second kappa shape index (κ2) is 5.88. The Kier molecular flexibility index (Phi) is 3.78. The van der Waals surface area contributed by atoms with Gasteiger partial charge in [0.1, 0.15) is 5.75 Å². The van der Waals surface area contributed by atoms with E-state index in [9.17, 15) is 0 Å². The Morgan fingerprint density at radius 2 is 1.71 bits per heavy atom. The van der Waals surface area contributed by atoms with Crippen molar-refractivity contribution >= 4 is 16.5 Å². The monoisotopic (exact) mass is 277 g/mol. The summed E-state index contributed by atoms with van der Waals surface area (Å²) in [7, 11) is 1.70. The van der Waals surface area contributed by atoms with Crippen LogP contribution >= 0.6 is 0 Å². The summed E-state index contributed by atoms with van der Waals surface area (Å²) in [6, 6.07) is 21.2. The third-order valence-corrected chi connectivity index (χ3v) is 3.71. The van der Waals surface area contributed by atoms with Gasteiger partial charge in [-0.25, -0.2) is 0 Å². The van der Waals surface area contributed by atoms with E-state index in [2.05, 4.69) is 60.8 Å². The smallest absolute Gasteiger partial charge is 0.121 e. The van der Waals surface area contributed by atoms with Gasteiger partial charge in [0.15, 0.2) is 0 Å². The van der Waals surface area contributed by atoms with E-state index in [1.165, 1.54) is 16.3 Å². The van der Waals surface area contributed by atoms with Gasteiger partial charge in [-0.2, -0.15) is 0 Å². The predicted octanol–water partition coefficient (Wildman–Crippen LogP) is 4.77. The SMILES string of the molecule is COc1ccc(NCc2ccc3ccccc3c2)cc1C. The second-order valence-corrected chi connectivity index (χ2v) is 5.22. The van der Waals surface area contributed by atoms with Crippen LogP contribution in [0.4, 0.5) is 5.69 Å². The van der Waals surface area contributed by atoms with Crippen molar-refractivity contribution in [2.45, 2.75) is 13.5 Å². The number of benzene rings is 3. The molecule has 3 rings (SSSR count). The van der Waals surface area contributed by atoms with Gasteiger partial charge in [0.25, 0.3) is 0 Å². The first kappa shape index (κ1) is 13.5. The normalized spacial score (nSPS) is 10.6. The molecule has 0 radical (unpaired) electrons. The number of hydrogen-bond donors (Lipinski definition) is 1. The van der Waals surface area contributed by atoms with Crippen molar-refractivity contribution in [2.24, 2.45) is 0 Å². The van der Waals surface area contributed by atoms with Crippen LogP contribution in [0.15, 0.2) is 60.7 Å². The lowest BCUT2D eigenvalue weighted by Crippen LogP contribution is -2.00. The molecule has 0 heterocycles. The van der Waals surface area contributed by atoms with Crippen LogP contribution in [-0.4, -0.2) is 7.11 Å². The third kappa shape index (κ3) is 3.00. The van der Waals surface area contributed by atoms with Crippen LogP contribution in [0.2, 0.25) is 0 Å². The average Bonchev–Trinajstić information content (AvgIpc) is 2.53. The third-order valence-electron chi connectivity index (χ3n) is 3.71. The molecule has 106 valence electrons. The lowest BCUT2D eigenvalue weighted by atomic mass is 10.1. The summed E-state index contributed by atoms with van der Waals surface area (Å²) in [5.41, 5.74) is 3.53. The van der Waals surface area contributed by atoms with Crippen molar-refractivity contribution in [3.05, 3.63) is 71.8 Å². The highest BCUT2D eigenvalue weighted by molar-refractivity contribution is 5.83. The lowest BCUT2D eigenvalue weighted by Gasteiger charge is -2.10. The Labute approximate surface area is 125 Å². The highest BCUT2D eigenvalue weighted by Crippen LogP contribution is 2.22. The molecule has 2 nitrogen and oxygen atoms in total. The van der Waals surface area contributed by atoms with Crippen molar-refractivity contribution < 1.29 is 4.74 Å². The van der Waals surface area contributed by atoms with E-state index in [1.807, 2.05) is 12.1 Å². The molecule has 0 saturated carbocycles. The Morgan fingerprint density at radius 3 is 2.48 bits per heavy atom. The molecule has 1 N–H and O–H groups in total. The standard InChI is InChI=1S/C19H19NO/c1-14-11-18(9-10-19(14)21-2)20-13-15-7-8-16-5-3-4-6-17(16)12-15/h3-12,20H,13H2,1-2H3. The number of methoxy groups -OCH3 is 1. The molecule has 0 amide bonds. The molecule has 0 spiro atoms. The molecule has 3 aromatic rings. The Morgan fingerprint density at radius 1 is 0.905 bits per heavy atom. The zero-order valence-electron chi connectivity index (χ0n) is 12.4. The largest absolute Gasteiger partial charge is 0.496 e. The number of rotatable bonds is 4. The highest BCUT2D eigenvalue weighted by Gasteiger charge is 2.00. The molecule has 21 heavy (non-hydrogen) atoms. The van der Waals surface area contributed by atoms with Gasteiger partial charge in [0, 0.05) is 12.2 Å². The van der Waals surface area contributed by atoms with Gasteiger partial charge in [-0.3, -0.25) is 0 Å². The quantitative estimate of drug-likeness (QED) is 0.741. The molecule has 0 atom stereocenters. The zero-order chi connectivity index (χ0) is 14.7. The van der Waals surface area contributed by atoms with Crippen LogP contribution in [0.3, 0.4) is 0 Å². The summed E-state index contributed by atoms with van der Waals surface area (Å²) in [4.78, 5) is 0. The average molecular weight is 277 g/mol. The molecule has 0 aliphatic carbocycles. The molecule has 0 aliphatic rings. The maximum atomic E-state index is 5.28. The fourth-order valence-electron chi connectivity index (χ4n) is 2.54. The molecule has 0 saturated heterocycles. The van der Waals surface area contributed by atoms with Crippen molar-refractivity contribution in [3.8, 4) is 5.75 Å². The molecular weight excluding hydrogens is 258 g/mol. The van der Waals surface area contributed by atoms with E-state index in [1.54, 1.807) is 7.11 Å². The summed E-state index contributed by atoms with van der Waals surface area (Å²) in [6.07, 6.45) is 0. The molecule has 0 unspecified atom stereocenters. The predicted molar refractivity (Wildman–Crippen MR) is 89.0 cm³/mol. The summed E-state index contributed by atoms with van der Waals surface area (Å²) >= 11 is 0. The minimum Gasteiger partial charge on any atom is -0.496 e. The minimum absolute atomic E-state index is 0.816. The first-order chi connectivity index (χ1) is 10.3. The number of aryl methyl sites for hydroxylation is 1. The van der Waals surface area contributed by atoms with Crippen LogP contribution < -0.4 is 10.1 Å². The number of nitrogens with one attached hydrogen (secondary N) is 1. The van der Waals surface area contributed by atoms with E-state index >= 15 is 0 Å². The van der Waals surface area contributed by atoms with Gasteiger partial charge >= 0.3 is 0 Å². The van der Waals surface area contributed by atoms with Gasteiger partial charge in [0.2, 0.25) is 0 Å². The molecule has 0 fully saturated rings. The molecule has 0 bridgehead atoms. The fourth-order valence-corrected chi connectivity index (χ4v) is 2.54. The van der Waals surface area contributed by atoms with Gasteiger partial charge in [-0.05, 0) is 53.1 Å². The molecule has 0 aliphatic heterocycles. The van der Waals surface area contributed by atoms with E-state index in [-0.39, 0.29) is 0 Å². The molecule has 3 aromatic carbocycles. The number of ether oxygens (including phenoxy) is 1. The number of anilines is 1. The molecule has 2 heteroatoms. The van der Waals surface area contributed by atoms with E-state index < -0.39 is 0 Å². The second-order valence-electron chi connectivity index (χ2n) is 5.22. The molecule has 0 aromatic heterocycles. The highest BCUT2D eigenvalue weighted by atomic mass is 16.5. The number of fused-ring (bicyclic) bond motifs is 1. The van der Waals surface area contributed by atoms with Crippen LogP contribution in [0.5, 0.6) is 5.75 Å². The fraction of sp³-hybridized carbons (Fsp3) is 0.158. The van der Waals surface area contributed by atoms with Gasteiger partial charge in [-0.1, -0.05) is 36.4 Å². The van der Waals surface area contributed by atoms with Gasteiger partial charge in [0.05, 0.1) is 7.11 Å². The van der Waals surface area contributed by atoms with E-state index in [4.69, 9.17) is 4.74 Å². The topological polar surface area (TPSA) is 21.3 Å². The summed E-state index contributed by atoms with van der Waals surface area (Å²) in [6.45, 7) is 2.87. The molecular formula is C19H19NO. The minimum atomic E-state index is 0.816. The van der Waals surface area contributed by atoms with Crippen molar-refractivity contribution in [1.29, 1.82) is 0 Å². The van der Waals surface area contributed by atoms with E-state index in [0.29, 0.717) is 0 Å². The lowest BCUT2D eigenvalue weighted by molar-refractivity contribution is 0.412. The Hall–Kier alpha value is -2.48. The van der Waals surface area contributed by atoms with Crippen LogP contribution in [0, 0.1) is 6.92 Å². The Bertz CT molecular complexity index is 764. The Balaban J connectivity index is 1.75. The van der Waals surface area contributed by atoms with Gasteiger partial charge in [-0.15, -0.1) is 0 Å². The first-order valence-electron chi connectivity index (χ1n) is 7.12. The summed E-state index contributed by atoms with van der Waals surface area (Å²) in [5, 5.41) is 6.02.